The number of rotatable bonds is 4. The van der Waals surface area contributed by atoms with E-state index in [1.807, 2.05) is 0 Å². The molecular weight excluding hydrogens is 290 g/mol. The number of benzene rings is 1. The Morgan fingerprint density at radius 1 is 1.55 bits per heavy atom. The molecule has 104 valence electrons. The lowest BCUT2D eigenvalue weighted by Crippen LogP contribution is -2.01. The zero-order valence-corrected chi connectivity index (χ0v) is 10.9. The summed E-state index contributed by atoms with van der Waals surface area (Å²) in [6.07, 6.45) is 1.15. The third-order valence-electron chi connectivity index (χ3n) is 2.35. The van der Waals surface area contributed by atoms with Crippen molar-refractivity contribution < 1.29 is 19.6 Å². The second-order valence-corrected chi connectivity index (χ2v) is 4.23. The van der Waals surface area contributed by atoms with Gasteiger partial charge in [-0.05, 0) is 12.1 Å². The Kier molecular flexibility index (Phi) is 3.57. The highest BCUT2D eigenvalue weighted by atomic mass is 35.5. The molecule has 0 aliphatic rings. The highest BCUT2D eigenvalue weighted by Gasteiger charge is 2.23. The molecule has 9 heteroatoms. The molecule has 0 aliphatic heterocycles. The predicted molar refractivity (Wildman–Crippen MR) is 68.3 cm³/mol. The molecule has 0 aliphatic carbocycles. The summed E-state index contributed by atoms with van der Waals surface area (Å²) in [5, 5.41) is 23.9. The van der Waals surface area contributed by atoms with Crippen LogP contribution in [-0.4, -0.2) is 25.8 Å². The first kappa shape index (κ1) is 13.8. The fourth-order valence-corrected chi connectivity index (χ4v) is 1.68. The summed E-state index contributed by atoms with van der Waals surface area (Å²) in [7, 11) is 1.48. The van der Waals surface area contributed by atoms with Crippen LogP contribution in [0.3, 0.4) is 0 Å². The van der Waals surface area contributed by atoms with Crippen molar-refractivity contribution in [3.05, 3.63) is 45.1 Å². The Morgan fingerprint density at radius 2 is 2.25 bits per heavy atom. The second kappa shape index (κ2) is 5.17. The first-order chi connectivity index (χ1) is 9.38. The number of aromatic carboxylic acids is 1. The van der Waals surface area contributed by atoms with E-state index in [0.29, 0.717) is 0 Å². The number of aryl methyl sites for hydroxylation is 1. The minimum Gasteiger partial charge on any atom is -0.478 e. The maximum atomic E-state index is 11.1. The summed E-state index contributed by atoms with van der Waals surface area (Å²) < 4.78 is 6.42. The number of halogens is 1. The van der Waals surface area contributed by atoms with Gasteiger partial charge < -0.3 is 9.84 Å². The van der Waals surface area contributed by atoms with Crippen LogP contribution in [0.25, 0.3) is 0 Å². The van der Waals surface area contributed by atoms with Crippen molar-refractivity contribution in [3.63, 3.8) is 0 Å². The normalized spacial score (nSPS) is 10.3. The third kappa shape index (κ3) is 2.69. The van der Waals surface area contributed by atoms with Gasteiger partial charge in [0.2, 0.25) is 0 Å². The number of nitrogens with zero attached hydrogens (tertiary/aromatic N) is 3. The van der Waals surface area contributed by atoms with Crippen LogP contribution in [0.4, 0.5) is 5.69 Å². The molecular formula is C11H8ClN3O5. The van der Waals surface area contributed by atoms with Crippen LogP contribution in [0.5, 0.6) is 11.6 Å². The van der Waals surface area contributed by atoms with Crippen LogP contribution in [-0.2, 0) is 7.05 Å². The van der Waals surface area contributed by atoms with Gasteiger partial charge in [-0.15, -0.1) is 5.10 Å². The number of carboxylic acids is 1. The molecule has 1 heterocycles. The second-order valence-electron chi connectivity index (χ2n) is 3.80. The fraction of sp³-hybridized carbons (Fsp3) is 0.0909. The Labute approximate surface area is 117 Å². The van der Waals surface area contributed by atoms with Gasteiger partial charge in [0.1, 0.15) is 17.5 Å². The summed E-state index contributed by atoms with van der Waals surface area (Å²) in [5.74, 6) is -1.66. The first-order valence-corrected chi connectivity index (χ1v) is 5.65. The predicted octanol–water partition coefficient (Wildman–Crippen LogP) is 2.47. The number of carboxylic acid groups (broad SMARTS) is 1. The molecule has 8 nitrogen and oxygen atoms in total. The average molecular weight is 298 g/mol. The van der Waals surface area contributed by atoms with E-state index in [0.717, 1.165) is 6.20 Å². The van der Waals surface area contributed by atoms with Gasteiger partial charge >= 0.3 is 17.5 Å². The standard InChI is InChI=1S/C11H8ClN3O5/c1-14-5-8(15(18)19)10(13-14)20-9-4-6(12)2-3-7(9)11(16)17/h2-5H,1H3,(H,16,17). The van der Waals surface area contributed by atoms with Crippen molar-refractivity contribution in [1.82, 2.24) is 9.78 Å². The number of hydrogen-bond donors (Lipinski definition) is 1. The summed E-state index contributed by atoms with van der Waals surface area (Å²) in [6.45, 7) is 0. The molecule has 0 amide bonds. The Hall–Kier alpha value is -2.61. The van der Waals surface area contributed by atoms with Crippen molar-refractivity contribution in [2.45, 2.75) is 0 Å². The maximum Gasteiger partial charge on any atom is 0.350 e. The molecule has 0 atom stereocenters. The molecule has 2 aromatic rings. The van der Waals surface area contributed by atoms with E-state index >= 15 is 0 Å². The lowest BCUT2D eigenvalue weighted by Gasteiger charge is -2.06. The van der Waals surface area contributed by atoms with Crippen LogP contribution in [0.15, 0.2) is 24.4 Å². The molecule has 0 spiro atoms. The number of carbonyl (C=O) groups is 1. The number of hydrogen-bond acceptors (Lipinski definition) is 5. The van der Waals surface area contributed by atoms with Gasteiger partial charge in [-0.1, -0.05) is 11.6 Å². The van der Waals surface area contributed by atoms with Crippen LogP contribution in [0, 0.1) is 10.1 Å². The molecule has 1 N–H and O–H groups in total. The smallest absolute Gasteiger partial charge is 0.350 e. The highest BCUT2D eigenvalue weighted by molar-refractivity contribution is 6.30. The van der Waals surface area contributed by atoms with E-state index < -0.39 is 10.9 Å². The van der Waals surface area contributed by atoms with Gasteiger partial charge in [-0.2, -0.15) is 0 Å². The largest absolute Gasteiger partial charge is 0.478 e. The molecule has 0 bridgehead atoms. The molecule has 1 aromatic carbocycles. The van der Waals surface area contributed by atoms with E-state index in [4.69, 9.17) is 21.4 Å². The number of ether oxygens (including phenoxy) is 1. The summed E-state index contributed by atoms with van der Waals surface area (Å²) in [6, 6.07) is 3.88. The van der Waals surface area contributed by atoms with E-state index in [1.54, 1.807) is 0 Å². The van der Waals surface area contributed by atoms with Crippen molar-refractivity contribution in [1.29, 1.82) is 0 Å². The van der Waals surface area contributed by atoms with Crippen molar-refractivity contribution in [2.24, 2.45) is 7.05 Å². The topological polar surface area (TPSA) is 107 Å². The maximum absolute atomic E-state index is 11.1. The Balaban J connectivity index is 2.47. The van der Waals surface area contributed by atoms with E-state index in [9.17, 15) is 14.9 Å². The quantitative estimate of drug-likeness (QED) is 0.686. The van der Waals surface area contributed by atoms with Gasteiger partial charge in [0.05, 0.1) is 4.92 Å². The van der Waals surface area contributed by atoms with Crippen LogP contribution in [0.2, 0.25) is 5.02 Å². The van der Waals surface area contributed by atoms with Crippen LogP contribution >= 0.6 is 11.6 Å². The van der Waals surface area contributed by atoms with E-state index in [-0.39, 0.29) is 27.9 Å². The van der Waals surface area contributed by atoms with E-state index in [2.05, 4.69) is 5.10 Å². The SMILES string of the molecule is Cn1cc([N+](=O)[O-])c(Oc2cc(Cl)ccc2C(=O)O)n1. The van der Waals surface area contributed by atoms with Gasteiger partial charge in [0.15, 0.2) is 0 Å². The van der Waals surface area contributed by atoms with Crippen LogP contribution in [0.1, 0.15) is 10.4 Å². The summed E-state index contributed by atoms with van der Waals surface area (Å²) >= 11 is 5.76. The molecule has 0 saturated heterocycles. The van der Waals surface area contributed by atoms with Crippen LogP contribution < -0.4 is 4.74 Å². The van der Waals surface area contributed by atoms with Crippen molar-refractivity contribution >= 4 is 23.3 Å². The lowest BCUT2D eigenvalue weighted by molar-refractivity contribution is -0.385. The zero-order valence-electron chi connectivity index (χ0n) is 10.1. The van der Waals surface area contributed by atoms with Gasteiger partial charge in [-0.25, -0.2) is 4.79 Å². The monoisotopic (exact) mass is 297 g/mol. The molecule has 0 saturated carbocycles. The van der Waals surface area contributed by atoms with Gasteiger partial charge in [0, 0.05) is 18.1 Å². The van der Waals surface area contributed by atoms with Crippen molar-refractivity contribution in [2.75, 3.05) is 0 Å². The minimum atomic E-state index is -1.24. The van der Waals surface area contributed by atoms with Gasteiger partial charge in [-0.3, -0.25) is 14.8 Å². The molecule has 1 aromatic heterocycles. The zero-order chi connectivity index (χ0) is 14.9. The van der Waals surface area contributed by atoms with E-state index in [1.165, 1.54) is 29.9 Å². The first-order valence-electron chi connectivity index (χ1n) is 5.27. The molecule has 0 unspecified atom stereocenters. The summed E-state index contributed by atoms with van der Waals surface area (Å²) in [5.41, 5.74) is -0.543. The average Bonchev–Trinajstić information content (AvgIpc) is 2.70. The Bertz CT molecular complexity index is 697. The molecule has 0 fully saturated rings. The van der Waals surface area contributed by atoms with Gasteiger partial charge in [0.25, 0.3) is 0 Å². The number of aromatic nitrogens is 2. The summed E-state index contributed by atoms with van der Waals surface area (Å²) in [4.78, 5) is 21.2. The number of nitro groups is 1. The third-order valence-corrected chi connectivity index (χ3v) is 2.59. The fourth-order valence-electron chi connectivity index (χ4n) is 1.51. The molecule has 20 heavy (non-hydrogen) atoms. The Morgan fingerprint density at radius 3 is 2.85 bits per heavy atom. The highest BCUT2D eigenvalue weighted by Crippen LogP contribution is 2.32. The molecule has 0 radical (unpaired) electrons. The molecule has 2 rings (SSSR count). The minimum absolute atomic E-state index is 0.119. The van der Waals surface area contributed by atoms with Crippen molar-refractivity contribution in [3.8, 4) is 11.6 Å². The lowest BCUT2D eigenvalue weighted by atomic mass is 10.2.